The van der Waals surface area contributed by atoms with Crippen LogP contribution in [0.1, 0.15) is 16.3 Å². The lowest BCUT2D eigenvalue weighted by atomic mass is 10.1. The highest BCUT2D eigenvalue weighted by atomic mass is 32.2. The van der Waals surface area contributed by atoms with Gasteiger partial charge in [0.25, 0.3) is 0 Å². The molecule has 21 heavy (non-hydrogen) atoms. The van der Waals surface area contributed by atoms with Crippen LogP contribution in [0.2, 0.25) is 0 Å². The summed E-state index contributed by atoms with van der Waals surface area (Å²) in [4.78, 5) is 10.8. The molecule has 5 heteroatoms. The Morgan fingerprint density at radius 1 is 0.952 bits per heavy atom. The van der Waals surface area contributed by atoms with E-state index in [0.29, 0.717) is 6.29 Å². The number of aldehydes is 1. The summed E-state index contributed by atoms with van der Waals surface area (Å²) in [6.45, 7) is 0. The molecule has 106 valence electrons. The van der Waals surface area contributed by atoms with Crippen molar-refractivity contribution < 1.29 is 17.6 Å². The zero-order valence-corrected chi connectivity index (χ0v) is 11.8. The lowest BCUT2D eigenvalue weighted by Crippen LogP contribution is -2.04. The lowest BCUT2D eigenvalue weighted by Gasteiger charge is -2.04. The number of rotatable bonds is 4. The van der Waals surface area contributed by atoms with Crippen molar-refractivity contribution in [1.82, 2.24) is 0 Å². The first-order valence-electron chi connectivity index (χ1n) is 6.34. The SMILES string of the molecule is O=Cc1ccc(CS(=O)(=O)c2ccc3ccccc3c2)o1. The monoisotopic (exact) mass is 300 g/mol. The summed E-state index contributed by atoms with van der Waals surface area (Å²) in [5, 5.41) is 1.85. The molecule has 1 aromatic heterocycles. The van der Waals surface area contributed by atoms with Crippen molar-refractivity contribution in [3.63, 3.8) is 0 Å². The fourth-order valence-electron chi connectivity index (χ4n) is 2.17. The Balaban J connectivity index is 1.97. The maximum Gasteiger partial charge on any atom is 0.185 e. The first-order valence-corrected chi connectivity index (χ1v) is 7.99. The number of fused-ring (bicyclic) bond motifs is 1. The molecular formula is C16H12O4S. The second-order valence-electron chi connectivity index (χ2n) is 4.69. The number of carbonyl (C=O) groups excluding carboxylic acids is 1. The standard InChI is InChI=1S/C16H12O4S/c17-10-14-6-7-15(20-14)11-21(18,19)16-8-5-12-3-1-2-4-13(12)9-16/h1-10H,11H2. The Kier molecular flexibility index (Phi) is 3.35. The predicted octanol–water partition coefficient (Wildman–Crippen LogP) is 3.22. The molecule has 4 nitrogen and oxygen atoms in total. The Hall–Kier alpha value is -2.40. The van der Waals surface area contributed by atoms with Gasteiger partial charge in [0.15, 0.2) is 21.9 Å². The minimum absolute atomic E-state index is 0.124. The normalized spacial score (nSPS) is 11.6. The van der Waals surface area contributed by atoms with Crippen LogP contribution in [0.15, 0.2) is 63.9 Å². The van der Waals surface area contributed by atoms with Gasteiger partial charge in [0.05, 0.1) is 4.90 Å². The van der Waals surface area contributed by atoms with E-state index in [1.807, 2.05) is 24.3 Å². The average molecular weight is 300 g/mol. The van der Waals surface area contributed by atoms with E-state index >= 15 is 0 Å². The third-order valence-electron chi connectivity index (χ3n) is 3.21. The van der Waals surface area contributed by atoms with Crippen molar-refractivity contribution in [1.29, 1.82) is 0 Å². The quantitative estimate of drug-likeness (QED) is 0.694. The summed E-state index contributed by atoms with van der Waals surface area (Å²) in [5.74, 6) is 0.114. The van der Waals surface area contributed by atoms with Crippen LogP contribution >= 0.6 is 0 Å². The second-order valence-corrected chi connectivity index (χ2v) is 6.68. The van der Waals surface area contributed by atoms with Crippen molar-refractivity contribution in [3.05, 3.63) is 66.1 Å². The molecule has 0 radical (unpaired) electrons. The molecule has 0 aliphatic heterocycles. The van der Waals surface area contributed by atoms with E-state index in [1.165, 1.54) is 12.1 Å². The van der Waals surface area contributed by atoms with Gasteiger partial charge >= 0.3 is 0 Å². The van der Waals surface area contributed by atoms with Gasteiger partial charge in [-0.1, -0.05) is 30.3 Å². The van der Waals surface area contributed by atoms with Gasteiger partial charge in [-0.05, 0) is 35.0 Å². The molecule has 0 amide bonds. The van der Waals surface area contributed by atoms with Crippen LogP contribution in [0, 0.1) is 0 Å². The first-order chi connectivity index (χ1) is 10.1. The van der Waals surface area contributed by atoms with Crippen LogP contribution < -0.4 is 0 Å². The smallest absolute Gasteiger partial charge is 0.185 e. The van der Waals surface area contributed by atoms with Gasteiger partial charge in [0.1, 0.15) is 11.5 Å². The first kappa shape index (κ1) is 13.6. The third-order valence-corrected chi connectivity index (χ3v) is 4.85. The summed E-state index contributed by atoms with van der Waals surface area (Å²) in [6, 6.07) is 15.5. The molecule has 2 aromatic carbocycles. The molecule has 0 aliphatic rings. The molecule has 0 aliphatic carbocycles. The molecule has 0 saturated heterocycles. The minimum atomic E-state index is -3.51. The van der Waals surface area contributed by atoms with Crippen LogP contribution in [0.5, 0.6) is 0 Å². The highest BCUT2D eigenvalue weighted by Gasteiger charge is 2.18. The van der Waals surface area contributed by atoms with Crippen LogP contribution in [0.25, 0.3) is 10.8 Å². The number of furan rings is 1. The maximum absolute atomic E-state index is 12.4. The summed E-state index contributed by atoms with van der Waals surface area (Å²) in [5.41, 5.74) is 0. The Morgan fingerprint density at radius 2 is 1.71 bits per heavy atom. The van der Waals surface area contributed by atoms with Crippen LogP contribution in [0.4, 0.5) is 0 Å². The highest BCUT2D eigenvalue weighted by molar-refractivity contribution is 7.90. The fourth-order valence-corrected chi connectivity index (χ4v) is 3.45. The maximum atomic E-state index is 12.4. The van der Waals surface area contributed by atoms with Crippen LogP contribution in [-0.2, 0) is 15.6 Å². The third kappa shape index (κ3) is 2.73. The number of hydrogen-bond donors (Lipinski definition) is 0. The van der Waals surface area contributed by atoms with E-state index in [9.17, 15) is 13.2 Å². The summed E-state index contributed by atoms with van der Waals surface area (Å²) in [6.07, 6.45) is 0.548. The van der Waals surface area contributed by atoms with E-state index < -0.39 is 9.84 Å². The van der Waals surface area contributed by atoms with E-state index in [0.717, 1.165) is 10.8 Å². The van der Waals surface area contributed by atoms with Crippen molar-refractivity contribution in [2.75, 3.05) is 0 Å². The largest absolute Gasteiger partial charge is 0.457 e. The molecule has 0 saturated carbocycles. The van der Waals surface area contributed by atoms with Gasteiger partial charge in [0, 0.05) is 0 Å². The highest BCUT2D eigenvalue weighted by Crippen LogP contribution is 2.22. The van der Waals surface area contributed by atoms with E-state index in [4.69, 9.17) is 4.42 Å². The van der Waals surface area contributed by atoms with Crippen molar-refractivity contribution in [2.45, 2.75) is 10.6 Å². The Labute approximate surface area is 121 Å². The number of benzene rings is 2. The average Bonchev–Trinajstić information content (AvgIpc) is 2.93. The topological polar surface area (TPSA) is 64.3 Å². The lowest BCUT2D eigenvalue weighted by molar-refractivity contribution is 0.109. The van der Waals surface area contributed by atoms with Crippen molar-refractivity contribution in [2.24, 2.45) is 0 Å². The van der Waals surface area contributed by atoms with Gasteiger partial charge in [-0.15, -0.1) is 0 Å². The zero-order chi connectivity index (χ0) is 14.9. The molecule has 0 bridgehead atoms. The number of carbonyl (C=O) groups is 1. The van der Waals surface area contributed by atoms with Gasteiger partial charge in [-0.2, -0.15) is 0 Å². The van der Waals surface area contributed by atoms with E-state index in [2.05, 4.69) is 0 Å². The molecule has 1 heterocycles. The van der Waals surface area contributed by atoms with Gasteiger partial charge in [0.2, 0.25) is 0 Å². The summed E-state index contributed by atoms with van der Waals surface area (Å²) >= 11 is 0. The second kappa shape index (κ2) is 5.18. The minimum Gasteiger partial charge on any atom is -0.457 e. The summed E-state index contributed by atoms with van der Waals surface area (Å²) in [7, 11) is -3.51. The molecule has 3 rings (SSSR count). The molecule has 0 spiro atoms. The zero-order valence-electron chi connectivity index (χ0n) is 11.0. The number of hydrogen-bond acceptors (Lipinski definition) is 4. The Bertz CT molecular complexity index is 907. The molecule has 0 N–H and O–H groups in total. The van der Waals surface area contributed by atoms with Gasteiger partial charge < -0.3 is 4.42 Å². The van der Waals surface area contributed by atoms with E-state index in [1.54, 1.807) is 18.2 Å². The van der Waals surface area contributed by atoms with Gasteiger partial charge in [-0.3, -0.25) is 4.79 Å². The number of sulfone groups is 1. The predicted molar refractivity (Wildman–Crippen MR) is 78.9 cm³/mol. The molecule has 0 fully saturated rings. The fraction of sp³-hybridized carbons (Fsp3) is 0.0625. The van der Waals surface area contributed by atoms with Gasteiger partial charge in [-0.25, -0.2) is 8.42 Å². The molecule has 3 aromatic rings. The van der Waals surface area contributed by atoms with Crippen LogP contribution in [0.3, 0.4) is 0 Å². The molecule has 0 unspecified atom stereocenters. The van der Waals surface area contributed by atoms with Crippen molar-refractivity contribution >= 4 is 26.9 Å². The van der Waals surface area contributed by atoms with Crippen molar-refractivity contribution in [3.8, 4) is 0 Å². The van der Waals surface area contributed by atoms with E-state index in [-0.39, 0.29) is 22.2 Å². The van der Waals surface area contributed by atoms with Crippen LogP contribution in [-0.4, -0.2) is 14.7 Å². The Morgan fingerprint density at radius 3 is 2.43 bits per heavy atom. The molecule has 0 atom stereocenters. The molecular weight excluding hydrogens is 288 g/mol. The summed E-state index contributed by atoms with van der Waals surface area (Å²) < 4.78 is 29.9.